The van der Waals surface area contributed by atoms with Crippen molar-refractivity contribution in [2.24, 2.45) is 11.7 Å². The smallest absolute Gasteiger partial charge is 0.0424 e. The summed E-state index contributed by atoms with van der Waals surface area (Å²) >= 11 is 0. The van der Waals surface area contributed by atoms with Crippen LogP contribution in [0.15, 0.2) is 24.3 Å². The van der Waals surface area contributed by atoms with Crippen LogP contribution in [0.4, 0.5) is 0 Å². The first-order chi connectivity index (χ1) is 9.61. The molecule has 0 spiro atoms. The molecule has 2 rings (SSSR count). The molecule has 1 aliphatic carbocycles. The molecule has 3 unspecified atom stereocenters. The Kier molecular flexibility index (Phi) is 5.62. The molecule has 0 heterocycles. The van der Waals surface area contributed by atoms with E-state index in [0.717, 1.165) is 18.9 Å². The molecule has 1 fully saturated rings. The van der Waals surface area contributed by atoms with E-state index < -0.39 is 0 Å². The highest BCUT2D eigenvalue weighted by molar-refractivity contribution is 5.25. The maximum Gasteiger partial charge on any atom is 0.0424 e. The second-order valence-electron chi connectivity index (χ2n) is 6.47. The summed E-state index contributed by atoms with van der Waals surface area (Å²) in [6.45, 7) is 5.54. The van der Waals surface area contributed by atoms with Crippen molar-refractivity contribution in [2.75, 3.05) is 13.6 Å². The van der Waals surface area contributed by atoms with Crippen LogP contribution in [-0.2, 0) is 6.42 Å². The molecule has 0 radical (unpaired) electrons. The predicted molar refractivity (Wildman–Crippen MR) is 86.8 cm³/mol. The van der Waals surface area contributed by atoms with Crippen LogP contribution in [0, 0.1) is 5.92 Å². The van der Waals surface area contributed by atoms with Gasteiger partial charge in [-0.05, 0) is 43.4 Å². The highest BCUT2D eigenvalue weighted by Gasteiger charge is 2.25. The van der Waals surface area contributed by atoms with Crippen LogP contribution in [0.25, 0.3) is 0 Å². The zero-order chi connectivity index (χ0) is 14.5. The van der Waals surface area contributed by atoms with Crippen molar-refractivity contribution in [1.82, 2.24) is 4.90 Å². The first kappa shape index (κ1) is 15.5. The lowest BCUT2D eigenvalue weighted by atomic mass is 9.85. The Bertz CT molecular complexity index is 398. The maximum atomic E-state index is 6.40. The lowest BCUT2D eigenvalue weighted by Crippen LogP contribution is -2.42. The van der Waals surface area contributed by atoms with Crippen molar-refractivity contribution in [3.05, 3.63) is 35.4 Å². The van der Waals surface area contributed by atoms with E-state index in [-0.39, 0.29) is 6.04 Å². The second-order valence-corrected chi connectivity index (χ2v) is 6.47. The van der Waals surface area contributed by atoms with Gasteiger partial charge in [-0.2, -0.15) is 0 Å². The van der Waals surface area contributed by atoms with Crippen LogP contribution in [0.3, 0.4) is 0 Å². The second kappa shape index (κ2) is 7.24. The molecule has 0 bridgehead atoms. The summed E-state index contributed by atoms with van der Waals surface area (Å²) in [5.74, 6) is 0.809. The van der Waals surface area contributed by atoms with E-state index in [1.165, 1.54) is 36.8 Å². The fourth-order valence-electron chi connectivity index (χ4n) is 3.50. The van der Waals surface area contributed by atoms with E-state index in [1.807, 2.05) is 0 Å². The van der Waals surface area contributed by atoms with Crippen LogP contribution in [0.2, 0.25) is 0 Å². The summed E-state index contributed by atoms with van der Waals surface area (Å²) in [4.78, 5) is 2.49. The lowest BCUT2D eigenvalue weighted by molar-refractivity contribution is 0.133. The maximum absolute atomic E-state index is 6.40. The van der Waals surface area contributed by atoms with Gasteiger partial charge in [0.05, 0.1) is 0 Å². The summed E-state index contributed by atoms with van der Waals surface area (Å²) < 4.78 is 0. The van der Waals surface area contributed by atoms with Crippen LogP contribution in [0.1, 0.15) is 56.7 Å². The number of nitrogens with zero attached hydrogens (tertiary/aromatic N) is 1. The average Bonchev–Trinajstić information content (AvgIpc) is 2.47. The van der Waals surface area contributed by atoms with Crippen LogP contribution >= 0.6 is 0 Å². The largest absolute Gasteiger partial charge is 0.323 e. The van der Waals surface area contributed by atoms with Gasteiger partial charge in [0, 0.05) is 18.6 Å². The molecule has 2 heteroatoms. The van der Waals surface area contributed by atoms with Gasteiger partial charge >= 0.3 is 0 Å². The molecule has 112 valence electrons. The molecule has 3 atom stereocenters. The molecule has 1 saturated carbocycles. The van der Waals surface area contributed by atoms with Crippen molar-refractivity contribution >= 4 is 0 Å². The summed E-state index contributed by atoms with van der Waals surface area (Å²) in [6, 6.07) is 9.64. The molecule has 1 aliphatic rings. The quantitative estimate of drug-likeness (QED) is 0.886. The van der Waals surface area contributed by atoms with Crippen molar-refractivity contribution < 1.29 is 0 Å². The average molecular weight is 274 g/mol. The molecular weight excluding hydrogens is 244 g/mol. The van der Waals surface area contributed by atoms with E-state index in [1.54, 1.807) is 0 Å². The Balaban J connectivity index is 1.93. The highest BCUT2D eigenvalue weighted by Crippen LogP contribution is 2.28. The summed E-state index contributed by atoms with van der Waals surface area (Å²) in [7, 11) is 2.24. The number of nitrogens with two attached hydrogens (primary N) is 1. The van der Waals surface area contributed by atoms with Crippen LogP contribution in [0.5, 0.6) is 0 Å². The SMILES string of the molecule is CCc1ccc(C(N)CN(C)C2CCCCC2C)cc1. The number of aryl methyl sites for hydroxylation is 1. The van der Waals surface area contributed by atoms with Gasteiger partial charge in [-0.15, -0.1) is 0 Å². The Labute approximate surface area is 124 Å². The van der Waals surface area contributed by atoms with E-state index in [9.17, 15) is 0 Å². The van der Waals surface area contributed by atoms with Crippen LogP contribution in [-0.4, -0.2) is 24.5 Å². The highest BCUT2D eigenvalue weighted by atomic mass is 15.1. The lowest BCUT2D eigenvalue weighted by Gasteiger charge is -2.37. The Morgan fingerprint density at radius 1 is 1.20 bits per heavy atom. The number of likely N-dealkylation sites (N-methyl/N-ethyl adjacent to an activating group) is 1. The number of hydrogen-bond acceptors (Lipinski definition) is 2. The minimum absolute atomic E-state index is 0.125. The minimum Gasteiger partial charge on any atom is -0.323 e. The summed E-state index contributed by atoms with van der Waals surface area (Å²) in [5, 5.41) is 0. The van der Waals surface area contributed by atoms with Crippen molar-refractivity contribution in [2.45, 2.75) is 58.0 Å². The first-order valence-corrected chi connectivity index (χ1v) is 8.16. The summed E-state index contributed by atoms with van der Waals surface area (Å²) in [6.07, 6.45) is 6.57. The minimum atomic E-state index is 0.125. The van der Waals surface area contributed by atoms with Gasteiger partial charge < -0.3 is 10.6 Å². The topological polar surface area (TPSA) is 29.3 Å². The van der Waals surface area contributed by atoms with Gasteiger partial charge in [-0.25, -0.2) is 0 Å². The van der Waals surface area contributed by atoms with Gasteiger partial charge in [0.1, 0.15) is 0 Å². The standard InChI is InChI=1S/C18H30N2/c1-4-15-9-11-16(12-10-15)17(19)13-20(3)18-8-6-5-7-14(18)2/h9-12,14,17-18H,4-8,13,19H2,1-3H3. The van der Waals surface area contributed by atoms with E-state index >= 15 is 0 Å². The molecule has 2 nitrogen and oxygen atoms in total. The molecule has 20 heavy (non-hydrogen) atoms. The van der Waals surface area contributed by atoms with Gasteiger partial charge in [0.25, 0.3) is 0 Å². The normalized spacial score (nSPS) is 24.9. The fraction of sp³-hybridized carbons (Fsp3) is 0.667. The number of rotatable bonds is 5. The third-order valence-corrected chi connectivity index (χ3v) is 4.93. The Morgan fingerprint density at radius 2 is 1.85 bits per heavy atom. The monoisotopic (exact) mass is 274 g/mol. The molecule has 0 amide bonds. The fourth-order valence-corrected chi connectivity index (χ4v) is 3.50. The van der Waals surface area contributed by atoms with E-state index in [2.05, 4.69) is 50.1 Å². The molecule has 2 N–H and O–H groups in total. The first-order valence-electron chi connectivity index (χ1n) is 8.16. The zero-order valence-electron chi connectivity index (χ0n) is 13.3. The molecule has 0 aliphatic heterocycles. The number of hydrogen-bond donors (Lipinski definition) is 1. The van der Waals surface area contributed by atoms with Crippen molar-refractivity contribution in [3.63, 3.8) is 0 Å². The zero-order valence-corrected chi connectivity index (χ0v) is 13.3. The van der Waals surface area contributed by atoms with Gasteiger partial charge in [-0.1, -0.05) is 51.0 Å². The van der Waals surface area contributed by atoms with Gasteiger partial charge in [0.2, 0.25) is 0 Å². The molecule has 0 aromatic heterocycles. The molecular formula is C18H30N2. The Morgan fingerprint density at radius 3 is 2.45 bits per heavy atom. The van der Waals surface area contributed by atoms with Gasteiger partial charge in [0.15, 0.2) is 0 Å². The predicted octanol–water partition coefficient (Wildman–Crippen LogP) is 3.76. The molecule has 1 aromatic carbocycles. The Hall–Kier alpha value is -0.860. The summed E-state index contributed by atoms with van der Waals surface area (Å²) in [5.41, 5.74) is 9.04. The third-order valence-electron chi connectivity index (χ3n) is 4.93. The van der Waals surface area contributed by atoms with Crippen molar-refractivity contribution in [3.8, 4) is 0 Å². The van der Waals surface area contributed by atoms with E-state index in [0.29, 0.717) is 6.04 Å². The molecule has 1 aromatic rings. The number of benzene rings is 1. The van der Waals surface area contributed by atoms with E-state index in [4.69, 9.17) is 5.73 Å². The van der Waals surface area contributed by atoms with Gasteiger partial charge in [-0.3, -0.25) is 0 Å². The van der Waals surface area contributed by atoms with Crippen molar-refractivity contribution in [1.29, 1.82) is 0 Å². The van der Waals surface area contributed by atoms with Crippen LogP contribution < -0.4 is 5.73 Å². The third kappa shape index (κ3) is 3.83. The molecule has 0 saturated heterocycles.